The number of nitrogens with zero attached hydrogens (tertiary/aromatic N) is 4. The molecule has 0 radical (unpaired) electrons. The zero-order valence-corrected chi connectivity index (χ0v) is 24.1. The molecule has 1 aliphatic heterocycles. The SMILES string of the molecule is COc1nc(-c2cccc(-c3cccc(Nc4nccc5nccnc45)c3C)c2Cl)ccc1CN[C@@H]1CCOC[C@@H]1O. The van der Waals surface area contributed by atoms with Crippen molar-refractivity contribution in [3.05, 3.63) is 89.3 Å². The average molecular weight is 583 g/mol. The molecule has 3 N–H and O–H groups in total. The first kappa shape index (κ1) is 28.0. The number of aliphatic hydroxyl groups is 1. The molecule has 42 heavy (non-hydrogen) atoms. The minimum Gasteiger partial charge on any atom is -0.481 e. The lowest BCUT2D eigenvalue weighted by molar-refractivity contribution is -0.0281. The zero-order chi connectivity index (χ0) is 29.1. The second-order valence-corrected chi connectivity index (χ2v) is 10.5. The van der Waals surface area contributed by atoms with Crippen molar-refractivity contribution in [2.24, 2.45) is 0 Å². The molecule has 0 saturated carbocycles. The summed E-state index contributed by atoms with van der Waals surface area (Å²) in [6.45, 7) is 3.54. The van der Waals surface area contributed by atoms with Gasteiger partial charge in [-0.05, 0) is 42.7 Å². The van der Waals surface area contributed by atoms with Crippen LogP contribution in [0, 0.1) is 6.92 Å². The highest BCUT2D eigenvalue weighted by Crippen LogP contribution is 2.39. The van der Waals surface area contributed by atoms with Gasteiger partial charge in [0, 0.05) is 60.2 Å². The average Bonchev–Trinajstić information content (AvgIpc) is 3.02. The first-order chi connectivity index (χ1) is 20.5. The smallest absolute Gasteiger partial charge is 0.218 e. The summed E-state index contributed by atoms with van der Waals surface area (Å²) in [6.07, 6.45) is 5.26. The van der Waals surface area contributed by atoms with Crippen LogP contribution in [0.25, 0.3) is 33.4 Å². The summed E-state index contributed by atoms with van der Waals surface area (Å²) in [4.78, 5) is 18.1. The van der Waals surface area contributed by atoms with Crippen molar-refractivity contribution in [1.82, 2.24) is 25.3 Å². The largest absolute Gasteiger partial charge is 0.481 e. The number of aromatic nitrogens is 4. The van der Waals surface area contributed by atoms with Crippen LogP contribution >= 0.6 is 11.6 Å². The molecule has 0 bridgehead atoms. The van der Waals surface area contributed by atoms with Crippen molar-refractivity contribution in [2.45, 2.75) is 32.0 Å². The van der Waals surface area contributed by atoms with Gasteiger partial charge in [0.05, 0.1) is 36.1 Å². The summed E-state index contributed by atoms with van der Waals surface area (Å²) >= 11 is 7.07. The van der Waals surface area contributed by atoms with Gasteiger partial charge in [-0.2, -0.15) is 0 Å². The van der Waals surface area contributed by atoms with Gasteiger partial charge in [0.15, 0.2) is 5.82 Å². The first-order valence-electron chi connectivity index (χ1n) is 13.8. The fraction of sp³-hybridized carbons (Fsp3) is 0.250. The molecular weight excluding hydrogens is 552 g/mol. The van der Waals surface area contributed by atoms with Gasteiger partial charge in [0.2, 0.25) is 5.88 Å². The van der Waals surface area contributed by atoms with E-state index in [4.69, 9.17) is 26.1 Å². The maximum Gasteiger partial charge on any atom is 0.218 e. The highest BCUT2D eigenvalue weighted by molar-refractivity contribution is 6.36. The van der Waals surface area contributed by atoms with E-state index in [0.29, 0.717) is 47.7 Å². The van der Waals surface area contributed by atoms with Crippen LogP contribution in [0.1, 0.15) is 17.5 Å². The van der Waals surface area contributed by atoms with Gasteiger partial charge in [0.1, 0.15) is 5.52 Å². The third-order valence-corrected chi connectivity index (χ3v) is 7.96. The molecule has 6 rings (SSSR count). The van der Waals surface area contributed by atoms with E-state index >= 15 is 0 Å². The Balaban J connectivity index is 1.29. The lowest BCUT2D eigenvalue weighted by Gasteiger charge is -2.28. The Bertz CT molecular complexity index is 1730. The highest BCUT2D eigenvalue weighted by Gasteiger charge is 2.24. The molecule has 9 nitrogen and oxygen atoms in total. The first-order valence-corrected chi connectivity index (χ1v) is 14.2. The minimum absolute atomic E-state index is 0.0351. The van der Waals surface area contributed by atoms with Crippen LogP contribution in [-0.2, 0) is 11.3 Å². The van der Waals surface area contributed by atoms with Crippen molar-refractivity contribution in [1.29, 1.82) is 0 Å². The monoisotopic (exact) mass is 582 g/mol. The van der Waals surface area contributed by atoms with Crippen LogP contribution in [-0.4, -0.2) is 57.5 Å². The zero-order valence-electron chi connectivity index (χ0n) is 23.3. The molecule has 1 saturated heterocycles. The standard InChI is InChI=1S/C32H31ClN6O3/c1-19-21(5-4-8-24(19)38-31-30-27(11-13-36-31)34-14-15-35-30)22-6-3-7-23(29(22)33)25-10-9-20(32(39-25)41-2)17-37-26-12-16-42-18-28(26)40/h3-11,13-15,26,28,37,40H,12,16-18H2,1-2H3,(H,36,38)/t26-,28+/m1/s1. The topological polar surface area (TPSA) is 114 Å². The van der Waals surface area contributed by atoms with Gasteiger partial charge in [-0.25, -0.2) is 15.0 Å². The van der Waals surface area contributed by atoms with E-state index in [1.165, 1.54) is 0 Å². The summed E-state index contributed by atoms with van der Waals surface area (Å²) in [5.41, 5.74) is 7.66. The molecule has 4 heterocycles. The lowest BCUT2D eigenvalue weighted by atomic mass is 9.96. The molecule has 3 aromatic heterocycles. The number of hydrogen-bond acceptors (Lipinski definition) is 9. The third-order valence-electron chi connectivity index (χ3n) is 7.55. The van der Waals surface area contributed by atoms with Gasteiger partial charge < -0.3 is 25.2 Å². The van der Waals surface area contributed by atoms with Crippen LogP contribution in [0.15, 0.2) is 73.2 Å². The molecule has 10 heteroatoms. The Morgan fingerprint density at radius 1 is 0.976 bits per heavy atom. The molecule has 1 fully saturated rings. The number of fused-ring (bicyclic) bond motifs is 1. The third kappa shape index (κ3) is 5.64. The Morgan fingerprint density at radius 3 is 2.64 bits per heavy atom. The number of ether oxygens (including phenoxy) is 2. The fourth-order valence-electron chi connectivity index (χ4n) is 5.25. The molecule has 214 valence electrons. The van der Waals surface area contributed by atoms with E-state index in [2.05, 4.69) is 38.6 Å². The number of pyridine rings is 2. The number of halogens is 1. The molecule has 1 aliphatic rings. The number of nitrogens with one attached hydrogen (secondary N) is 2. The molecule has 0 aliphatic carbocycles. The molecule has 0 unspecified atom stereocenters. The molecule has 0 amide bonds. The van der Waals surface area contributed by atoms with E-state index < -0.39 is 6.10 Å². The quantitative estimate of drug-likeness (QED) is 0.212. The van der Waals surface area contributed by atoms with E-state index in [0.717, 1.165) is 45.4 Å². The Hall–Kier alpha value is -4.15. The summed E-state index contributed by atoms with van der Waals surface area (Å²) in [5.74, 6) is 1.15. The second kappa shape index (κ2) is 12.4. The van der Waals surface area contributed by atoms with E-state index in [1.54, 1.807) is 25.7 Å². The van der Waals surface area contributed by atoms with Crippen LogP contribution in [0.4, 0.5) is 11.5 Å². The maximum atomic E-state index is 10.2. The molecule has 2 aromatic carbocycles. The van der Waals surface area contributed by atoms with Crippen LogP contribution < -0.4 is 15.4 Å². The lowest BCUT2D eigenvalue weighted by Crippen LogP contribution is -2.46. The Morgan fingerprint density at radius 2 is 1.79 bits per heavy atom. The van der Waals surface area contributed by atoms with Gasteiger partial charge in [-0.1, -0.05) is 48.0 Å². The van der Waals surface area contributed by atoms with Crippen molar-refractivity contribution >= 4 is 34.1 Å². The maximum absolute atomic E-state index is 10.2. The van der Waals surface area contributed by atoms with E-state index in [1.807, 2.05) is 48.5 Å². The summed E-state index contributed by atoms with van der Waals surface area (Å²) in [6, 6.07) is 17.7. The summed E-state index contributed by atoms with van der Waals surface area (Å²) in [5, 5.41) is 17.6. The van der Waals surface area contributed by atoms with Gasteiger partial charge >= 0.3 is 0 Å². The van der Waals surface area contributed by atoms with Crippen LogP contribution in [0.5, 0.6) is 5.88 Å². The van der Waals surface area contributed by atoms with Gasteiger partial charge in [-0.15, -0.1) is 0 Å². The Labute approximate surface area is 249 Å². The van der Waals surface area contributed by atoms with Crippen molar-refractivity contribution in [2.75, 3.05) is 25.6 Å². The molecule has 5 aromatic rings. The number of anilines is 2. The normalized spacial score (nSPS) is 16.9. The number of methoxy groups -OCH3 is 1. The van der Waals surface area contributed by atoms with Crippen molar-refractivity contribution < 1.29 is 14.6 Å². The number of hydrogen-bond donors (Lipinski definition) is 3. The van der Waals surface area contributed by atoms with Gasteiger partial charge in [0.25, 0.3) is 0 Å². The minimum atomic E-state index is -0.535. The van der Waals surface area contributed by atoms with E-state index in [-0.39, 0.29) is 6.04 Å². The van der Waals surface area contributed by atoms with Crippen molar-refractivity contribution in [3.8, 4) is 28.3 Å². The number of rotatable bonds is 8. The molecule has 2 atom stereocenters. The number of benzene rings is 2. The van der Waals surface area contributed by atoms with Crippen molar-refractivity contribution in [3.63, 3.8) is 0 Å². The van der Waals surface area contributed by atoms with Crippen LogP contribution in [0.3, 0.4) is 0 Å². The van der Waals surface area contributed by atoms with E-state index in [9.17, 15) is 5.11 Å². The predicted molar refractivity (Wildman–Crippen MR) is 164 cm³/mol. The van der Waals surface area contributed by atoms with Crippen LogP contribution in [0.2, 0.25) is 5.02 Å². The van der Waals surface area contributed by atoms with Gasteiger partial charge in [-0.3, -0.25) is 4.98 Å². The summed E-state index contributed by atoms with van der Waals surface area (Å²) < 4.78 is 11.0. The fourth-order valence-corrected chi connectivity index (χ4v) is 5.57. The highest BCUT2D eigenvalue weighted by atomic mass is 35.5. The molecule has 0 spiro atoms. The molecular formula is C32H31ClN6O3. The summed E-state index contributed by atoms with van der Waals surface area (Å²) in [7, 11) is 1.61. The second-order valence-electron chi connectivity index (χ2n) is 10.1. The number of aliphatic hydroxyl groups excluding tert-OH is 1. The predicted octanol–water partition coefficient (Wildman–Crippen LogP) is 5.71. The Kier molecular flexibility index (Phi) is 8.25.